The third-order valence-corrected chi connectivity index (χ3v) is 4.37. The van der Waals surface area contributed by atoms with Crippen LogP contribution >= 0.6 is 11.3 Å². The molecular weight excluding hydrogens is 310 g/mol. The minimum Gasteiger partial charge on any atom is -0.366 e. The number of hydrogen-bond acceptors (Lipinski definition) is 4. The molecule has 0 saturated heterocycles. The number of carbonyl (C=O) groups is 2. The second-order valence-electron chi connectivity index (χ2n) is 5.68. The third-order valence-electron chi connectivity index (χ3n) is 3.54. The number of primary amides is 1. The number of aryl methyl sites for hydroxylation is 2. The van der Waals surface area contributed by atoms with Gasteiger partial charge in [0, 0.05) is 6.54 Å². The molecule has 6 heteroatoms. The van der Waals surface area contributed by atoms with Gasteiger partial charge in [0.25, 0.3) is 5.91 Å². The van der Waals surface area contributed by atoms with Gasteiger partial charge in [0.1, 0.15) is 5.00 Å². The molecule has 122 valence electrons. The van der Waals surface area contributed by atoms with Crippen LogP contribution in [0, 0.1) is 13.8 Å². The highest BCUT2D eigenvalue weighted by atomic mass is 32.1. The van der Waals surface area contributed by atoms with Crippen LogP contribution in [-0.2, 0) is 11.3 Å². The van der Waals surface area contributed by atoms with Crippen molar-refractivity contribution in [3.05, 3.63) is 51.9 Å². The van der Waals surface area contributed by atoms with Gasteiger partial charge in [-0.15, -0.1) is 11.3 Å². The van der Waals surface area contributed by atoms with E-state index in [9.17, 15) is 9.59 Å². The summed E-state index contributed by atoms with van der Waals surface area (Å²) in [4.78, 5) is 25.3. The van der Waals surface area contributed by atoms with Crippen LogP contribution in [0.5, 0.6) is 0 Å². The van der Waals surface area contributed by atoms with Crippen molar-refractivity contribution in [1.29, 1.82) is 0 Å². The number of nitrogens with zero attached hydrogens (tertiary/aromatic N) is 1. The molecule has 1 aromatic heterocycles. The van der Waals surface area contributed by atoms with E-state index in [1.807, 2.05) is 11.9 Å². The lowest BCUT2D eigenvalue weighted by atomic mass is 10.1. The first-order valence-electron chi connectivity index (χ1n) is 7.28. The number of hydrogen-bond donors (Lipinski definition) is 2. The van der Waals surface area contributed by atoms with Crippen LogP contribution in [0.25, 0.3) is 0 Å². The molecule has 0 saturated carbocycles. The first kappa shape index (κ1) is 17.2. The van der Waals surface area contributed by atoms with Crippen molar-refractivity contribution in [3.63, 3.8) is 0 Å². The number of benzene rings is 1. The highest BCUT2D eigenvalue weighted by Gasteiger charge is 2.14. The summed E-state index contributed by atoms with van der Waals surface area (Å²) >= 11 is 1.29. The van der Waals surface area contributed by atoms with Crippen LogP contribution in [0.15, 0.2) is 29.6 Å². The minimum atomic E-state index is -0.537. The van der Waals surface area contributed by atoms with Crippen molar-refractivity contribution in [2.24, 2.45) is 5.73 Å². The molecule has 1 aromatic carbocycles. The molecule has 0 aliphatic carbocycles. The van der Waals surface area contributed by atoms with Crippen molar-refractivity contribution in [1.82, 2.24) is 4.90 Å². The highest BCUT2D eigenvalue weighted by Crippen LogP contribution is 2.22. The van der Waals surface area contributed by atoms with E-state index < -0.39 is 5.91 Å². The summed E-state index contributed by atoms with van der Waals surface area (Å²) in [6.07, 6.45) is 0. The van der Waals surface area contributed by atoms with Crippen LogP contribution in [0.2, 0.25) is 0 Å². The van der Waals surface area contributed by atoms with Gasteiger partial charge in [-0.1, -0.05) is 23.8 Å². The number of amides is 2. The van der Waals surface area contributed by atoms with E-state index in [4.69, 9.17) is 5.73 Å². The smallest absolute Gasteiger partial charge is 0.251 e. The minimum absolute atomic E-state index is 0.165. The van der Waals surface area contributed by atoms with Crippen LogP contribution in [0.1, 0.15) is 27.0 Å². The summed E-state index contributed by atoms with van der Waals surface area (Å²) in [7, 11) is 1.89. The molecule has 2 amide bonds. The second-order valence-corrected chi connectivity index (χ2v) is 6.59. The number of nitrogens with one attached hydrogen (secondary N) is 1. The van der Waals surface area contributed by atoms with Crippen LogP contribution in [0.4, 0.5) is 5.00 Å². The summed E-state index contributed by atoms with van der Waals surface area (Å²) in [5.41, 5.74) is 9.25. The van der Waals surface area contributed by atoms with Gasteiger partial charge in [-0.2, -0.15) is 0 Å². The number of anilines is 1. The maximum absolute atomic E-state index is 12.1. The Morgan fingerprint density at radius 3 is 2.65 bits per heavy atom. The Morgan fingerprint density at radius 2 is 2.00 bits per heavy atom. The van der Waals surface area contributed by atoms with Crippen LogP contribution in [0.3, 0.4) is 0 Å². The Morgan fingerprint density at radius 1 is 1.26 bits per heavy atom. The zero-order chi connectivity index (χ0) is 17.0. The molecule has 0 radical (unpaired) electrons. The van der Waals surface area contributed by atoms with E-state index in [2.05, 4.69) is 37.4 Å². The Bertz CT molecular complexity index is 724. The fourth-order valence-electron chi connectivity index (χ4n) is 2.38. The molecule has 5 nitrogen and oxygen atoms in total. The predicted octanol–water partition coefficient (Wildman–Crippen LogP) is 2.53. The van der Waals surface area contributed by atoms with Crippen LogP contribution in [-0.4, -0.2) is 30.3 Å². The Labute approximate surface area is 140 Å². The largest absolute Gasteiger partial charge is 0.366 e. The molecule has 0 spiro atoms. The van der Waals surface area contributed by atoms with Gasteiger partial charge in [-0.3, -0.25) is 14.5 Å². The summed E-state index contributed by atoms with van der Waals surface area (Å²) in [6.45, 7) is 5.06. The van der Waals surface area contributed by atoms with Gasteiger partial charge in [-0.05, 0) is 43.5 Å². The number of rotatable bonds is 6. The fourth-order valence-corrected chi connectivity index (χ4v) is 3.19. The number of likely N-dealkylation sites (N-methyl/N-ethyl adjacent to an activating group) is 1. The molecular formula is C17H21N3O2S. The van der Waals surface area contributed by atoms with Crippen molar-refractivity contribution < 1.29 is 9.59 Å². The molecule has 0 bridgehead atoms. The summed E-state index contributed by atoms with van der Waals surface area (Å²) in [5.74, 6) is -0.701. The number of thiophene rings is 1. The quantitative estimate of drug-likeness (QED) is 0.854. The number of carbonyl (C=O) groups excluding carboxylic acids is 2. The van der Waals surface area contributed by atoms with E-state index in [1.54, 1.807) is 11.4 Å². The maximum Gasteiger partial charge on any atom is 0.251 e. The Kier molecular flexibility index (Phi) is 5.52. The highest BCUT2D eigenvalue weighted by molar-refractivity contribution is 7.14. The van der Waals surface area contributed by atoms with Gasteiger partial charge in [-0.25, -0.2) is 0 Å². The van der Waals surface area contributed by atoms with Gasteiger partial charge in [0.2, 0.25) is 5.91 Å². The summed E-state index contributed by atoms with van der Waals surface area (Å²) in [6, 6.07) is 7.90. The van der Waals surface area contributed by atoms with Crippen molar-refractivity contribution in [2.45, 2.75) is 20.4 Å². The molecule has 2 aromatic rings. The Balaban J connectivity index is 1.94. The lowest BCUT2D eigenvalue weighted by molar-refractivity contribution is -0.117. The monoisotopic (exact) mass is 331 g/mol. The lowest BCUT2D eigenvalue weighted by Gasteiger charge is -2.18. The lowest BCUT2D eigenvalue weighted by Crippen LogP contribution is -2.30. The average Bonchev–Trinajstić information content (AvgIpc) is 2.90. The normalized spacial score (nSPS) is 10.8. The average molecular weight is 331 g/mol. The maximum atomic E-state index is 12.1. The van der Waals surface area contributed by atoms with Gasteiger partial charge < -0.3 is 11.1 Å². The molecule has 0 unspecified atom stereocenters. The molecule has 2 rings (SSSR count). The zero-order valence-corrected chi connectivity index (χ0v) is 14.4. The zero-order valence-electron chi connectivity index (χ0n) is 13.6. The molecule has 0 fully saturated rings. The predicted molar refractivity (Wildman–Crippen MR) is 93.7 cm³/mol. The molecule has 3 N–H and O–H groups in total. The van der Waals surface area contributed by atoms with Crippen molar-refractivity contribution in [2.75, 3.05) is 18.9 Å². The standard InChI is InChI=1S/C17H21N3O2S/c1-11-4-5-13(12(2)8-11)9-20(3)10-15(21)19-17-14(16(18)22)6-7-23-17/h4-8H,9-10H2,1-3H3,(H2,18,22)(H,19,21). The molecule has 23 heavy (non-hydrogen) atoms. The number of nitrogens with two attached hydrogens (primary N) is 1. The van der Waals surface area contributed by atoms with Crippen molar-refractivity contribution >= 4 is 28.2 Å². The molecule has 0 aliphatic heterocycles. The SMILES string of the molecule is Cc1ccc(CN(C)CC(=O)Nc2sccc2C(N)=O)c(C)c1. The van der Waals surface area contributed by atoms with Crippen LogP contribution < -0.4 is 11.1 Å². The first-order chi connectivity index (χ1) is 10.9. The fraction of sp³-hybridized carbons (Fsp3) is 0.294. The van der Waals surface area contributed by atoms with Gasteiger partial charge in [0.15, 0.2) is 0 Å². The first-order valence-corrected chi connectivity index (χ1v) is 8.16. The van der Waals surface area contributed by atoms with Gasteiger partial charge in [0.05, 0.1) is 12.1 Å². The van der Waals surface area contributed by atoms with Gasteiger partial charge >= 0.3 is 0 Å². The molecule has 0 atom stereocenters. The molecule has 1 heterocycles. The summed E-state index contributed by atoms with van der Waals surface area (Å²) < 4.78 is 0. The van der Waals surface area contributed by atoms with E-state index in [0.29, 0.717) is 17.1 Å². The van der Waals surface area contributed by atoms with Crippen molar-refractivity contribution in [3.8, 4) is 0 Å². The van der Waals surface area contributed by atoms with E-state index >= 15 is 0 Å². The van der Waals surface area contributed by atoms with E-state index in [-0.39, 0.29) is 12.5 Å². The third kappa shape index (κ3) is 4.64. The molecule has 0 aliphatic rings. The van der Waals surface area contributed by atoms with E-state index in [1.165, 1.54) is 28.0 Å². The topological polar surface area (TPSA) is 75.4 Å². The van der Waals surface area contributed by atoms with E-state index in [0.717, 1.165) is 0 Å². The second kappa shape index (κ2) is 7.39. The summed E-state index contributed by atoms with van der Waals surface area (Å²) in [5, 5.41) is 4.98. The Hall–Kier alpha value is -2.18.